The van der Waals surface area contributed by atoms with Crippen molar-refractivity contribution in [3.63, 3.8) is 0 Å². The summed E-state index contributed by atoms with van der Waals surface area (Å²) in [5.41, 5.74) is 3.56. The Hall–Kier alpha value is -1.80. The summed E-state index contributed by atoms with van der Waals surface area (Å²) in [7, 11) is 1.68. The Bertz CT molecular complexity index is 534. The molecule has 1 atom stereocenters. The molecule has 2 heteroatoms. The summed E-state index contributed by atoms with van der Waals surface area (Å²) in [5.74, 6) is 0.993. The zero-order valence-electron chi connectivity index (χ0n) is 11.5. The molecule has 0 radical (unpaired) electrons. The average Bonchev–Trinajstić information content (AvgIpc) is 2.46. The first kappa shape index (κ1) is 13.6. The Labute approximate surface area is 114 Å². The maximum absolute atomic E-state index is 9.69. The third-order valence-corrected chi connectivity index (χ3v) is 3.51. The fourth-order valence-electron chi connectivity index (χ4n) is 2.45. The third kappa shape index (κ3) is 3.15. The topological polar surface area (TPSA) is 29.5 Å². The van der Waals surface area contributed by atoms with E-state index in [4.69, 9.17) is 4.74 Å². The van der Waals surface area contributed by atoms with Gasteiger partial charge in [0.2, 0.25) is 0 Å². The van der Waals surface area contributed by atoms with Gasteiger partial charge in [0, 0.05) is 5.92 Å². The van der Waals surface area contributed by atoms with E-state index in [9.17, 15) is 5.11 Å². The standard InChI is InChI=1S/C17H20O2/c1-13-7-3-5-9-16(13)15(12-18)11-14-8-4-6-10-17(14)19-2/h3-10,15,18H,11-12H2,1-2H3. The molecule has 2 aromatic rings. The van der Waals surface area contributed by atoms with Crippen LogP contribution in [0.5, 0.6) is 5.75 Å². The van der Waals surface area contributed by atoms with Crippen LogP contribution in [-0.4, -0.2) is 18.8 Å². The molecule has 2 nitrogen and oxygen atoms in total. The van der Waals surface area contributed by atoms with Gasteiger partial charge in [-0.1, -0.05) is 42.5 Å². The fraction of sp³-hybridized carbons (Fsp3) is 0.294. The van der Waals surface area contributed by atoms with Crippen molar-refractivity contribution in [3.05, 3.63) is 65.2 Å². The summed E-state index contributed by atoms with van der Waals surface area (Å²) in [5, 5.41) is 9.69. The maximum atomic E-state index is 9.69. The Morgan fingerprint density at radius 1 is 1.05 bits per heavy atom. The van der Waals surface area contributed by atoms with E-state index >= 15 is 0 Å². The van der Waals surface area contributed by atoms with Crippen LogP contribution >= 0.6 is 0 Å². The summed E-state index contributed by atoms with van der Waals surface area (Å²) in [6.07, 6.45) is 0.783. The molecule has 0 aromatic heterocycles. The predicted molar refractivity (Wildman–Crippen MR) is 77.7 cm³/mol. The molecule has 2 rings (SSSR count). The predicted octanol–water partition coefficient (Wildman–Crippen LogP) is 3.32. The summed E-state index contributed by atoms with van der Waals surface area (Å²) in [6, 6.07) is 16.2. The number of aliphatic hydroxyl groups is 1. The van der Waals surface area contributed by atoms with Gasteiger partial charge >= 0.3 is 0 Å². The fourth-order valence-corrected chi connectivity index (χ4v) is 2.45. The Balaban J connectivity index is 2.27. The van der Waals surface area contributed by atoms with Gasteiger partial charge in [0.15, 0.2) is 0 Å². The van der Waals surface area contributed by atoms with Crippen molar-refractivity contribution in [2.45, 2.75) is 19.3 Å². The molecule has 0 aliphatic heterocycles. The number of hydrogen-bond donors (Lipinski definition) is 1. The second kappa shape index (κ2) is 6.39. The van der Waals surface area contributed by atoms with Crippen LogP contribution in [-0.2, 0) is 6.42 Å². The molecule has 0 spiro atoms. The van der Waals surface area contributed by atoms with Gasteiger partial charge in [-0.25, -0.2) is 0 Å². The molecule has 19 heavy (non-hydrogen) atoms. The lowest BCUT2D eigenvalue weighted by molar-refractivity contribution is 0.263. The van der Waals surface area contributed by atoms with Crippen LogP contribution in [0.2, 0.25) is 0 Å². The number of aliphatic hydroxyl groups excluding tert-OH is 1. The average molecular weight is 256 g/mol. The molecule has 0 amide bonds. The van der Waals surface area contributed by atoms with Crippen LogP contribution in [0, 0.1) is 6.92 Å². The van der Waals surface area contributed by atoms with E-state index in [0.717, 1.165) is 17.7 Å². The quantitative estimate of drug-likeness (QED) is 0.889. The molecular weight excluding hydrogens is 236 g/mol. The van der Waals surface area contributed by atoms with Gasteiger partial charge < -0.3 is 9.84 Å². The number of ether oxygens (including phenoxy) is 1. The smallest absolute Gasteiger partial charge is 0.122 e. The summed E-state index contributed by atoms with van der Waals surface area (Å²) < 4.78 is 5.38. The zero-order chi connectivity index (χ0) is 13.7. The van der Waals surface area contributed by atoms with E-state index in [1.165, 1.54) is 11.1 Å². The lowest BCUT2D eigenvalue weighted by Gasteiger charge is -2.18. The largest absolute Gasteiger partial charge is 0.496 e. The molecule has 0 fully saturated rings. The van der Waals surface area contributed by atoms with E-state index in [0.29, 0.717) is 0 Å². The van der Waals surface area contributed by atoms with Crippen LogP contribution in [0.4, 0.5) is 0 Å². The van der Waals surface area contributed by atoms with E-state index in [1.54, 1.807) is 7.11 Å². The van der Waals surface area contributed by atoms with Crippen molar-refractivity contribution in [1.82, 2.24) is 0 Å². The lowest BCUT2D eigenvalue weighted by Crippen LogP contribution is -2.10. The van der Waals surface area contributed by atoms with Crippen LogP contribution < -0.4 is 4.74 Å². The van der Waals surface area contributed by atoms with Crippen molar-refractivity contribution in [1.29, 1.82) is 0 Å². The Morgan fingerprint density at radius 2 is 1.74 bits per heavy atom. The molecule has 1 unspecified atom stereocenters. The van der Waals surface area contributed by atoms with E-state index in [-0.39, 0.29) is 12.5 Å². The SMILES string of the molecule is COc1ccccc1CC(CO)c1ccccc1C. The van der Waals surface area contributed by atoms with Gasteiger partial charge in [0.1, 0.15) is 5.75 Å². The van der Waals surface area contributed by atoms with E-state index < -0.39 is 0 Å². The van der Waals surface area contributed by atoms with Crippen LogP contribution in [0.3, 0.4) is 0 Å². The van der Waals surface area contributed by atoms with Gasteiger partial charge in [-0.15, -0.1) is 0 Å². The van der Waals surface area contributed by atoms with Gasteiger partial charge in [-0.3, -0.25) is 0 Å². The number of aryl methyl sites for hydroxylation is 1. The van der Waals surface area contributed by atoms with Crippen molar-refractivity contribution in [2.24, 2.45) is 0 Å². The Morgan fingerprint density at radius 3 is 2.42 bits per heavy atom. The van der Waals surface area contributed by atoms with Crippen LogP contribution in [0.15, 0.2) is 48.5 Å². The van der Waals surface area contributed by atoms with Gasteiger partial charge in [0.05, 0.1) is 13.7 Å². The highest BCUT2D eigenvalue weighted by atomic mass is 16.5. The van der Waals surface area contributed by atoms with Gasteiger partial charge in [-0.05, 0) is 36.1 Å². The second-order valence-electron chi connectivity index (χ2n) is 4.75. The van der Waals surface area contributed by atoms with Crippen molar-refractivity contribution >= 4 is 0 Å². The molecule has 0 heterocycles. The van der Waals surface area contributed by atoms with Crippen molar-refractivity contribution in [2.75, 3.05) is 13.7 Å². The first-order valence-electron chi connectivity index (χ1n) is 6.54. The number of benzene rings is 2. The van der Waals surface area contributed by atoms with E-state index in [1.807, 2.05) is 30.3 Å². The Kier molecular flexibility index (Phi) is 4.58. The highest BCUT2D eigenvalue weighted by Gasteiger charge is 2.15. The van der Waals surface area contributed by atoms with Crippen LogP contribution in [0.25, 0.3) is 0 Å². The normalized spacial score (nSPS) is 12.2. The molecule has 0 aliphatic rings. The maximum Gasteiger partial charge on any atom is 0.122 e. The highest BCUT2D eigenvalue weighted by Crippen LogP contribution is 2.27. The molecular formula is C17H20O2. The number of para-hydroxylation sites is 1. The molecule has 0 aliphatic carbocycles. The molecule has 2 aromatic carbocycles. The number of rotatable bonds is 5. The molecule has 0 bridgehead atoms. The third-order valence-electron chi connectivity index (χ3n) is 3.51. The summed E-state index contributed by atoms with van der Waals surface area (Å²) in [6.45, 7) is 2.23. The monoisotopic (exact) mass is 256 g/mol. The summed E-state index contributed by atoms with van der Waals surface area (Å²) in [4.78, 5) is 0. The zero-order valence-corrected chi connectivity index (χ0v) is 11.5. The van der Waals surface area contributed by atoms with E-state index in [2.05, 4.69) is 25.1 Å². The number of methoxy groups -OCH3 is 1. The minimum atomic E-state index is 0.109. The number of hydrogen-bond acceptors (Lipinski definition) is 2. The minimum absolute atomic E-state index is 0.109. The first-order chi connectivity index (χ1) is 9.26. The highest BCUT2D eigenvalue weighted by molar-refractivity contribution is 5.37. The van der Waals surface area contributed by atoms with Crippen LogP contribution in [0.1, 0.15) is 22.6 Å². The van der Waals surface area contributed by atoms with Crippen molar-refractivity contribution < 1.29 is 9.84 Å². The molecule has 1 N–H and O–H groups in total. The molecule has 0 saturated carbocycles. The van der Waals surface area contributed by atoms with Crippen molar-refractivity contribution in [3.8, 4) is 5.75 Å². The molecule has 100 valence electrons. The second-order valence-corrected chi connectivity index (χ2v) is 4.75. The molecule has 0 saturated heterocycles. The minimum Gasteiger partial charge on any atom is -0.496 e. The lowest BCUT2D eigenvalue weighted by atomic mass is 9.89. The van der Waals surface area contributed by atoms with Gasteiger partial charge in [0.25, 0.3) is 0 Å². The summed E-state index contributed by atoms with van der Waals surface area (Å²) >= 11 is 0. The van der Waals surface area contributed by atoms with Gasteiger partial charge in [-0.2, -0.15) is 0 Å². The first-order valence-corrected chi connectivity index (χ1v) is 6.54.